The van der Waals surface area contributed by atoms with Crippen LogP contribution in [0.2, 0.25) is 0 Å². The fourth-order valence-corrected chi connectivity index (χ4v) is 2.10. The third-order valence-corrected chi connectivity index (χ3v) is 3.38. The van der Waals surface area contributed by atoms with Crippen molar-refractivity contribution in [2.45, 2.75) is 32.9 Å². The zero-order chi connectivity index (χ0) is 20.2. The average Bonchev–Trinajstić information content (AvgIpc) is 2.62. The van der Waals surface area contributed by atoms with E-state index in [1.165, 1.54) is 0 Å². The molecule has 1 atom stereocenters. The Morgan fingerprint density at radius 2 is 1.63 bits per heavy atom. The molecule has 0 unspecified atom stereocenters. The lowest BCUT2D eigenvalue weighted by Crippen LogP contribution is -2.51. The lowest BCUT2D eigenvalue weighted by atomic mass is 10.0. The minimum Gasteiger partial charge on any atom is -0.548 e. The van der Waals surface area contributed by atoms with Gasteiger partial charge in [0.2, 0.25) is 11.8 Å². The van der Waals surface area contributed by atoms with Crippen LogP contribution in [0.15, 0.2) is 30.3 Å². The molecule has 0 bridgehead atoms. The van der Waals surface area contributed by atoms with Gasteiger partial charge in [-0.1, -0.05) is 44.2 Å². The van der Waals surface area contributed by atoms with Crippen LogP contribution in [0, 0.1) is 5.92 Å². The van der Waals surface area contributed by atoms with E-state index < -0.39 is 36.5 Å². The Bertz CT molecular complexity index is 648. The number of nitrogens with one attached hydrogen (secondary N) is 3. The van der Waals surface area contributed by atoms with Gasteiger partial charge < -0.3 is 30.6 Å². The topological polar surface area (TPSA) is 137 Å². The Morgan fingerprint density at radius 1 is 1.00 bits per heavy atom. The normalized spacial score (nSPS) is 11.4. The number of benzene rings is 1. The zero-order valence-electron chi connectivity index (χ0n) is 15.3. The van der Waals surface area contributed by atoms with Gasteiger partial charge in [0.1, 0.15) is 13.2 Å². The van der Waals surface area contributed by atoms with Crippen LogP contribution in [0.4, 0.5) is 4.79 Å². The van der Waals surface area contributed by atoms with Crippen LogP contribution < -0.4 is 21.1 Å². The van der Waals surface area contributed by atoms with E-state index in [2.05, 4.69) is 16.0 Å². The Hall–Kier alpha value is -3.10. The largest absolute Gasteiger partial charge is 0.548 e. The summed E-state index contributed by atoms with van der Waals surface area (Å²) in [6.07, 6.45) is -0.552. The molecule has 0 aliphatic heterocycles. The standard InChI is InChI=1S/C18H25N3O6/c1-12(2)8-14(17(24)25)21-16(23)10-19-15(22)9-20-18(26)27-11-13-6-4-3-5-7-13/h3-7,12,14H,8-11H2,1-2H3,(H,19,22)(H,20,26)(H,21,23)(H,24,25)/p-1/t14-/m0/s1. The molecule has 9 heteroatoms. The highest BCUT2D eigenvalue weighted by molar-refractivity contribution is 5.88. The van der Waals surface area contributed by atoms with Crippen LogP contribution in [0.5, 0.6) is 0 Å². The number of amides is 3. The van der Waals surface area contributed by atoms with E-state index in [-0.39, 0.29) is 25.5 Å². The highest BCUT2D eigenvalue weighted by Gasteiger charge is 2.15. The number of ether oxygens (including phenoxy) is 1. The molecule has 0 aromatic heterocycles. The summed E-state index contributed by atoms with van der Waals surface area (Å²) in [4.78, 5) is 45.8. The van der Waals surface area contributed by atoms with E-state index in [9.17, 15) is 24.3 Å². The van der Waals surface area contributed by atoms with Gasteiger partial charge in [-0.25, -0.2) is 4.79 Å². The minimum absolute atomic E-state index is 0.0499. The van der Waals surface area contributed by atoms with E-state index in [0.29, 0.717) is 0 Å². The van der Waals surface area contributed by atoms with Gasteiger partial charge >= 0.3 is 6.09 Å². The second-order valence-corrected chi connectivity index (χ2v) is 6.26. The van der Waals surface area contributed by atoms with Crippen molar-refractivity contribution in [2.24, 2.45) is 5.92 Å². The highest BCUT2D eigenvalue weighted by atomic mass is 16.5. The second-order valence-electron chi connectivity index (χ2n) is 6.26. The van der Waals surface area contributed by atoms with Crippen LogP contribution in [0.25, 0.3) is 0 Å². The highest BCUT2D eigenvalue weighted by Crippen LogP contribution is 2.03. The first-order chi connectivity index (χ1) is 12.8. The smallest absolute Gasteiger partial charge is 0.407 e. The maximum atomic E-state index is 11.7. The summed E-state index contributed by atoms with van der Waals surface area (Å²) >= 11 is 0. The number of carbonyl (C=O) groups is 4. The first-order valence-electron chi connectivity index (χ1n) is 8.49. The summed E-state index contributed by atoms with van der Waals surface area (Å²) in [7, 11) is 0. The molecule has 1 rings (SSSR count). The van der Waals surface area contributed by atoms with Gasteiger partial charge in [-0.05, 0) is 17.9 Å². The van der Waals surface area contributed by atoms with Gasteiger partial charge in [0.15, 0.2) is 0 Å². The number of alkyl carbamates (subject to hydrolysis) is 1. The van der Waals surface area contributed by atoms with Gasteiger partial charge in [0.25, 0.3) is 0 Å². The molecule has 0 saturated carbocycles. The van der Waals surface area contributed by atoms with Crippen LogP contribution in [-0.4, -0.2) is 43.0 Å². The van der Waals surface area contributed by atoms with Crippen molar-refractivity contribution < 1.29 is 29.0 Å². The Balaban J connectivity index is 2.24. The van der Waals surface area contributed by atoms with Crippen LogP contribution in [-0.2, 0) is 25.7 Å². The van der Waals surface area contributed by atoms with Crippen molar-refractivity contribution in [3.8, 4) is 0 Å². The molecule has 9 nitrogen and oxygen atoms in total. The number of hydrogen-bond acceptors (Lipinski definition) is 6. The molecule has 1 aromatic carbocycles. The summed E-state index contributed by atoms with van der Waals surface area (Å²) in [5, 5.41) is 17.8. The molecular weight excluding hydrogens is 354 g/mol. The molecular formula is C18H24N3O6-. The molecule has 0 spiro atoms. The molecule has 3 N–H and O–H groups in total. The SMILES string of the molecule is CC(C)C[C@H](NC(=O)CNC(=O)CNC(=O)OCc1ccccc1)C(=O)[O-]. The predicted molar refractivity (Wildman–Crippen MR) is 94.0 cm³/mol. The van der Waals surface area contributed by atoms with E-state index >= 15 is 0 Å². The summed E-state index contributed by atoms with van der Waals surface area (Å²) in [5.74, 6) is -2.61. The van der Waals surface area contributed by atoms with Gasteiger partial charge in [-0.3, -0.25) is 9.59 Å². The third kappa shape index (κ3) is 9.83. The quantitative estimate of drug-likeness (QED) is 0.493. The first-order valence-corrected chi connectivity index (χ1v) is 8.49. The fraction of sp³-hybridized carbons (Fsp3) is 0.444. The Kier molecular flexibility index (Phi) is 9.35. The molecule has 27 heavy (non-hydrogen) atoms. The molecule has 0 saturated heterocycles. The maximum Gasteiger partial charge on any atom is 0.407 e. The van der Waals surface area contributed by atoms with Crippen molar-refractivity contribution in [2.75, 3.05) is 13.1 Å². The minimum atomic E-state index is -1.38. The molecule has 0 fully saturated rings. The maximum absolute atomic E-state index is 11.7. The fourth-order valence-electron chi connectivity index (χ4n) is 2.10. The monoisotopic (exact) mass is 378 g/mol. The van der Waals surface area contributed by atoms with Gasteiger partial charge in [0, 0.05) is 0 Å². The van der Waals surface area contributed by atoms with E-state index in [0.717, 1.165) is 5.56 Å². The lowest BCUT2D eigenvalue weighted by molar-refractivity contribution is -0.308. The number of carboxylic acids is 1. The predicted octanol–water partition coefficient (Wildman–Crippen LogP) is -0.690. The number of carboxylic acid groups (broad SMARTS) is 1. The summed E-state index contributed by atoms with van der Waals surface area (Å²) in [6, 6.07) is 7.90. The van der Waals surface area contributed by atoms with Crippen molar-refractivity contribution >= 4 is 23.9 Å². The molecule has 1 aromatic rings. The summed E-state index contributed by atoms with van der Waals surface area (Å²) in [6.45, 7) is 2.90. The van der Waals surface area contributed by atoms with Gasteiger partial charge in [-0.2, -0.15) is 0 Å². The van der Waals surface area contributed by atoms with Gasteiger partial charge in [0.05, 0.1) is 18.6 Å². The van der Waals surface area contributed by atoms with Crippen LogP contribution in [0.3, 0.4) is 0 Å². The van der Waals surface area contributed by atoms with Crippen molar-refractivity contribution in [1.29, 1.82) is 0 Å². The molecule has 0 aliphatic rings. The number of carbonyl (C=O) groups excluding carboxylic acids is 4. The average molecular weight is 378 g/mol. The van der Waals surface area contributed by atoms with Crippen LogP contribution >= 0.6 is 0 Å². The zero-order valence-corrected chi connectivity index (χ0v) is 15.3. The molecule has 3 amide bonds. The summed E-state index contributed by atoms with van der Waals surface area (Å²) < 4.78 is 4.94. The number of rotatable bonds is 10. The number of aliphatic carboxylic acids is 1. The second kappa shape index (κ2) is 11.5. The Labute approximate surface area is 157 Å². The van der Waals surface area contributed by atoms with Gasteiger partial charge in [-0.15, -0.1) is 0 Å². The first kappa shape index (κ1) is 21.9. The third-order valence-electron chi connectivity index (χ3n) is 3.38. The van der Waals surface area contributed by atoms with E-state index in [4.69, 9.17) is 4.74 Å². The molecule has 0 aliphatic carbocycles. The van der Waals surface area contributed by atoms with Crippen molar-refractivity contribution in [3.05, 3.63) is 35.9 Å². The van der Waals surface area contributed by atoms with Crippen molar-refractivity contribution in [1.82, 2.24) is 16.0 Å². The Morgan fingerprint density at radius 3 is 2.22 bits per heavy atom. The molecule has 0 radical (unpaired) electrons. The molecule has 148 valence electrons. The molecule has 0 heterocycles. The lowest BCUT2D eigenvalue weighted by Gasteiger charge is -2.21. The van der Waals surface area contributed by atoms with Crippen LogP contribution in [0.1, 0.15) is 25.8 Å². The summed E-state index contributed by atoms with van der Waals surface area (Å²) in [5.41, 5.74) is 0.803. The van der Waals surface area contributed by atoms with E-state index in [1.54, 1.807) is 24.3 Å². The van der Waals surface area contributed by atoms with Crippen molar-refractivity contribution in [3.63, 3.8) is 0 Å². The van der Waals surface area contributed by atoms with E-state index in [1.807, 2.05) is 19.9 Å². The number of hydrogen-bond donors (Lipinski definition) is 3.